The molecule has 0 atom stereocenters. The summed E-state index contributed by atoms with van der Waals surface area (Å²) in [4.78, 5) is 36.1. The van der Waals surface area contributed by atoms with E-state index in [0.717, 1.165) is 0 Å². The van der Waals surface area contributed by atoms with Gasteiger partial charge >= 0.3 is 11.9 Å². The fraction of sp³-hybridized carbons (Fsp3) is 0.231. The number of carboxylic acid groups (broad SMARTS) is 1. The number of carboxylic acids is 1. The van der Waals surface area contributed by atoms with Crippen molar-refractivity contribution in [3.8, 4) is 0 Å². The van der Waals surface area contributed by atoms with E-state index in [9.17, 15) is 9.59 Å². The monoisotopic (exact) mass is 324 g/mol. The average Bonchev–Trinajstić information content (AvgIpc) is 2.46. The van der Waals surface area contributed by atoms with Gasteiger partial charge in [0.2, 0.25) is 5.28 Å². The van der Waals surface area contributed by atoms with Crippen LogP contribution in [-0.2, 0) is 4.74 Å². The van der Waals surface area contributed by atoms with Crippen LogP contribution in [0.5, 0.6) is 0 Å². The molecule has 0 fully saturated rings. The molecule has 0 aliphatic rings. The summed E-state index contributed by atoms with van der Waals surface area (Å²) in [6, 6.07) is 2.87. The summed E-state index contributed by atoms with van der Waals surface area (Å²) in [5.74, 6) is -0.971. The van der Waals surface area contributed by atoms with Gasteiger partial charge in [0.1, 0.15) is 5.82 Å². The van der Waals surface area contributed by atoms with Gasteiger partial charge in [0.05, 0.1) is 7.11 Å². The number of carbonyl (C=O) groups is 2. The number of ether oxygens (including phenoxy) is 1. The highest BCUT2D eigenvalue weighted by Crippen LogP contribution is 2.04. The van der Waals surface area contributed by atoms with Crippen LogP contribution in [0.3, 0.4) is 0 Å². The van der Waals surface area contributed by atoms with Gasteiger partial charge in [0, 0.05) is 11.9 Å². The molecule has 0 aliphatic heterocycles. The van der Waals surface area contributed by atoms with E-state index in [-0.39, 0.29) is 11.0 Å². The zero-order chi connectivity index (χ0) is 16.7. The summed E-state index contributed by atoms with van der Waals surface area (Å²) >= 11 is 5.41. The highest BCUT2D eigenvalue weighted by molar-refractivity contribution is 6.28. The van der Waals surface area contributed by atoms with E-state index in [0.29, 0.717) is 17.2 Å². The van der Waals surface area contributed by atoms with E-state index >= 15 is 0 Å². The second-order valence-corrected chi connectivity index (χ2v) is 4.29. The van der Waals surface area contributed by atoms with E-state index < -0.39 is 11.9 Å². The van der Waals surface area contributed by atoms with Crippen molar-refractivity contribution in [2.75, 3.05) is 7.11 Å². The molecule has 22 heavy (non-hydrogen) atoms. The lowest BCUT2D eigenvalue weighted by atomic mass is 10.3. The minimum absolute atomic E-state index is 0.0394. The quantitative estimate of drug-likeness (QED) is 0.655. The standard InChI is InChI=1S/C7H8N2O2.C6H5ClN2O2/c1-5-8-4-3-6(9-5)7(10)11-2;1-3-2-4(5(10)11)9-6(7)8-3/h3-4H,1-2H3;2H,1H3,(H,10,11). The van der Waals surface area contributed by atoms with Crippen LogP contribution in [0.1, 0.15) is 32.5 Å². The number of hydrogen-bond donors (Lipinski definition) is 1. The third-order valence-electron chi connectivity index (χ3n) is 2.22. The highest BCUT2D eigenvalue weighted by atomic mass is 35.5. The molecule has 0 unspecified atom stereocenters. The van der Waals surface area contributed by atoms with Gasteiger partial charge in [-0.15, -0.1) is 0 Å². The maximum Gasteiger partial charge on any atom is 0.356 e. The van der Waals surface area contributed by atoms with Crippen molar-refractivity contribution in [2.24, 2.45) is 0 Å². The predicted molar refractivity (Wildman–Crippen MR) is 76.8 cm³/mol. The van der Waals surface area contributed by atoms with Crippen LogP contribution in [0.4, 0.5) is 0 Å². The van der Waals surface area contributed by atoms with E-state index in [1.54, 1.807) is 13.8 Å². The van der Waals surface area contributed by atoms with Crippen LogP contribution >= 0.6 is 11.6 Å². The van der Waals surface area contributed by atoms with Crippen molar-refractivity contribution in [1.29, 1.82) is 0 Å². The number of aromatic carboxylic acids is 1. The smallest absolute Gasteiger partial charge is 0.356 e. The molecule has 2 aromatic heterocycles. The summed E-state index contributed by atoms with van der Waals surface area (Å²) in [5.41, 5.74) is 0.755. The normalized spacial score (nSPS) is 9.45. The first-order chi connectivity index (χ1) is 10.3. The molecular weight excluding hydrogens is 312 g/mol. The molecule has 0 aliphatic carbocycles. The number of esters is 1. The molecule has 116 valence electrons. The van der Waals surface area contributed by atoms with Crippen LogP contribution in [0.15, 0.2) is 18.3 Å². The van der Waals surface area contributed by atoms with Gasteiger partial charge in [-0.3, -0.25) is 0 Å². The molecule has 9 heteroatoms. The Hall–Kier alpha value is -2.61. The number of rotatable bonds is 2. The van der Waals surface area contributed by atoms with Crippen LogP contribution in [0, 0.1) is 13.8 Å². The van der Waals surface area contributed by atoms with Crippen LogP contribution < -0.4 is 0 Å². The first-order valence-corrected chi connectivity index (χ1v) is 6.33. The molecule has 2 aromatic rings. The fourth-order valence-electron chi connectivity index (χ4n) is 1.32. The zero-order valence-electron chi connectivity index (χ0n) is 12.1. The Morgan fingerprint density at radius 3 is 2.36 bits per heavy atom. The summed E-state index contributed by atoms with van der Waals surface area (Å²) in [6.07, 6.45) is 1.52. The molecule has 1 N–H and O–H groups in total. The lowest BCUT2D eigenvalue weighted by molar-refractivity contribution is 0.0592. The van der Waals surface area contributed by atoms with Crippen LogP contribution in [0.2, 0.25) is 5.28 Å². The van der Waals surface area contributed by atoms with Crippen molar-refractivity contribution in [1.82, 2.24) is 19.9 Å². The maximum absolute atomic E-state index is 10.9. The van der Waals surface area contributed by atoms with Crippen molar-refractivity contribution in [3.63, 3.8) is 0 Å². The lowest BCUT2D eigenvalue weighted by Gasteiger charge is -1.96. The molecule has 0 radical (unpaired) electrons. The number of carbonyl (C=O) groups excluding carboxylic acids is 1. The number of hydrogen-bond acceptors (Lipinski definition) is 7. The Labute approximate surface area is 131 Å². The molecule has 0 saturated carbocycles. The molecule has 0 bridgehead atoms. The number of aromatic nitrogens is 4. The molecule has 2 rings (SSSR count). The summed E-state index contributed by atoms with van der Waals surface area (Å²) in [7, 11) is 1.32. The number of aryl methyl sites for hydroxylation is 2. The lowest BCUT2D eigenvalue weighted by Crippen LogP contribution is -2.05. The van der Waals surface area contributed by atoms with Gasteiger partial charge in [-0.1, -0.05) is 0 Å². The molecule has 0 spiro atoms. The van der Waals surface area contributed by atoms with Crippen molar-refractivity contribution in [3.05, 3.63) is 46.5 Å². The predicted octanol–water partition coefficient (Wildman–Crippen LogP) is 1.71. The number of halogens is 1. The second kappa shape index (κ2) is 7.99. The van der Waals surface area contributed by atoms with Crippen LogP contribution in [0.25, 0.3) is 0 Å². The third kappa shape index (κ3) is 5.41. The summed E-state index contributed by atoms with van der Waals surface area (Å²) in [5, 5.41) is 8.45. The topological polar surface area (TPSA) is 115 Å². The van der Waals surface area contributed by atoms with Gasteiger partial charge < -0.3 is 9.84 Å². The summed E-state index contributed by atoms with van der Waals surface area (Å²) < 4.78 is 4.46. The number of methoxy groups -OCH3 is 1. The van der Waals surface area contributed by atoms with Crippen molar-refractivity contribution in [2.45, 2.75) is 13.8 Å². The van der Waals surface area contributed by atoms with Crippen molar-refractivity contribution >= 4 is 23.5 Å². The highest BCUT2D eigenvalue weighted by Gasteiger charge is 2.06. The first-order valence-electron chi connectivity index (χ1n) is 5.96. The molecule has 0 amide bonds. The van der Waals surface area contributed by atoms with E-state index in [1.165, 1.54) is 25.4 Å². The van der Waals surface area contributed by atoms with E-state index in [2.05, 4.69) is 24.7 Å². The van der Waals surface area contributed by atoms with Crippen molar-refractivity contribution < 1.29 is 19.4 Å². The SMILES string of the molecule is COC(=O)c1ccnc(C)n1.Cc1cc(C(=O)O)nc(Cl)n1. The molecular formula is C13H13ClN4O4. The van der Waals surface area contributed by atoms with E-state index in [4.69, 9.17) is 16.7 Å². The Morgan fingerprint density at radius 2 is 1.86 bits per heavy atom. The first kappa shape index (κ1) is 17.4. The average molecular weight is 325 g/mol. The Bertz CT molecular complexity index is 673. The van der Waals surface area contributed by atoms with Gasteiger partial charge in [0.15, 0.2) is 11.4 Å². The largest absolute Gasteiger partial charge is 0.477 e. The Morgan fingerprint density at radius 1 is 1.18 bits per heavy atom. The molecule has 0 aromatic carbocycles. The van der Waals surface area contributed by atoms with E-state index in [1.807, 2.05) is 0 Å². The second-order valence-electron chi connectivity index (χ2n) is 3.95. The third-order valence-corrected chi connectivity index (χ3v) is 2.39. The molecule has 8 nitrogen and oxygen atoms in total. The minimum atomic E-state index is -1.10. The van der Waals surface area contributed by atoms with Gasteiger partial charge in [-0.05, 0) is 37.6 Å². The minimum Gasteiger partial charge on any atom is -0.477 e. The fourth-order valence-corrected chi connectivity index (χ4v) is 1.54. The number of nitrogens with zero attached hydrogens (tertiary/aromatic N) is 4. The Balaban J connectivity index is 0.000000220. The summed E-state index contributed by atoms with van der Waals surface area (Å²) in [6.45, 7) is 3.37. The van der Waals surface area contributed by atoms with Gasteiger partial charge in [-0.25, -0.2) is 29.5 Å². The Kier molecular flexibility index (Phi) is 6.33. The molecule has 0 saturated heterocycles. The van der Waals surface area contributed by atoms with Crippen LogP contribution in [-0.4, -0.2) is 44.1 Å². The maximum atomic E-state index is 10.9. The zero-order valence-corrected chi connectivity index (χ0v) is 12.8. The van der Waals surface area contributed by atoms with Gasteiger partial charge in [-0.2, -0.15) is 0 Å². The van der Waals surface area contributed by atoms with Gasteiger partial charge in [0.25, 0.3) is 0 Å². The molecule has 2 heterocycles.